The summed E-state index contributed by atoms with van der Waals surface area (Å²) in [5, 5.41) is 14.1. The Bertz CT molecular complexity index is 1150. The molecule has 0 saturated carbocycles. The molecule has 0 unspecified atom stereocenters. The molecular weight excluding hydrogens is 446 g/mol. The van der Waals surface area contributed by atoms with Crippen molar-refractivity contribution < 1.29 is 22.9 Å². The second kappa shape index (κ2) is 10.7. The summed E-state index contributed by atoms with van der Waals surface area (Å²) >= 11 is 0. The van der Waals surface area contributed by atoms with Crippen molar-refractivity contribution in [1.29, 1.82) is 0 Å². The molecule has 2 aromatic carbocycles. The Labute approximate surface area is 195 Å². The number of hydrogen-bond acceptors (Lipinski definition) is 6. The van der Waals surface area contributed by atoms with Crippen LogP contribution in [0, 0.1) is 30.9 Å². The zero-order chi connectivity index (χ0) is 24.9. The number of nitro benzene ring substituents is 1. The van der Waals surface area contributed by atoms with Crippen molar-refractivity contribution in [1.82, 2.24) is 5.32 Å². The van der Waals surface area contributed by atoms with Crippen molar-refractivity contribution in [3.63, 3.8) is 0 Å². The number of amides is 1. The lowest BCUT2D eigenvalue weighted by atomic mass is 9.96. The summed E-state index contributed by atoms with van der Waals surface area (Å²) in [7, 11) is -2.42. The van der Waals surface area contributed by atoms with Crippen molar-refractivity contribution in [2.24, 2.45) is 0 Å². The average Bonchev–Trinajstić information content (AvgIpc) is 2.72. The van der Waals surface area contributed by atoms with Crippen LogP contribution in [0.4, 0.5) is 11.4 Å². The quantitative estimate of drug-likeness (QED) is 0.409. The highest BCUT2D eigenvalue weighted by molar-refractivity contribution is 7.92. The molecule has 0 spiro atoms. The standard InChI is InChI=1S/C23H31N3O6S/c1-15-12-17(3)20(13-16(15)2)18(4)24-23(27)8-7-11-25(33(6,30)31)21-14-19(26(28)29)9-10-22(21)32-5/h9-10,12-14,18H,7-8,11H2,1-6H3,(H,24,27)/t18-/m1/s1. The van der Waals surface area contributed by atoms with E-state index in [1.165, 1.54) is 24.8 Å². The highest BCUT2D eigenvalue weighted by atomic mass is 32.2. The monoisotopic (exact) mass is 477 g/mol. The Balaban J connectivity index is 2.12. The number of sulfonamides is 1. The summed E-state index contributed by atoms with van der Waals surface area (Å²) in [6.45, 7) is 7.95. The number of nitrogens with one attached hydrogen (secondary N) is 1. The number of methoxy groups -OCH3 is 1. The minimum Gasteiger partial charge on any atom is -0.495 e. The van der Waals surface area contributed by atoms with Gasteiger partial charge in [0.1, 0.15) is 11.4 Å². The zero-order valence-electron chi connectivity index (χ0n) is 19.8. The third-order valence-corrected chi connectivity index (χ3v) is 6.71. The van der Waals surface area contributed by atoms with Crippen LogP contribution in [-0.4, -0.2) is 39.2 Å². The van der Waals surface area contributed by atoms with E-state index >= 15 is 0 Å². The van der Waals surface area contributed by atoms with Gasteiger partial charge in [-0.2, -0.15) is 0 Å². The Kier molecular flexibility index (Phi) is 8.43. The minimum absolute atomic E-state index is 0.0270. The van der Waals surface area contributed by atoms with Crippen molar-refractivity contribution in [3.8, 4) is 5.75 Å². The van der Waals surface area contributed by atoms with Gasteiger partial charge in [0.25, 0.3) is 5.69 Å². The molecule has 0 fully saturated rings. The Morgan fingerprint density at radius 3 is 2.36 bits per heavy atom. The number of carbonyl (C=O) groups is 1. The molecule has 1 atom stereocenters. The maximum Gasteiger partial charge on any atom is 0.271 e. The van der Waals surface area contributed by atoms with Crippen LogP contribution in [0.25, 0.3) is 0 Å². The van der Waals surface area contributed by atoms with Gasteiger partial charge in [0.15, 0.2) is 0 Å². The van der Waals surface area contributed by atoms with E-state index in [2.05, 4.69) is 17.4 Å². The van der Waals surface area contributed by atoms with Crippen LogP contribution in [-0.2, 0) is 14.8 Å². The molecule has 0 bridgehead atoms. The Hall–Kier alpha value is -3.14. The first kappa shape index (κ1) is 26.1. The highest BCUT2D eigenvalue weighted by Gasteiger charge is 2.24. The molecule has 1 N–H and O–H groups in total. The molecular formula is C23H31N3O6S. The number of anilines is 1. The summed E-state index contributed by atoms with van der Waals surface area (Å²) in [6.07, 6.45) is 1.33. The average molecular weight is 478 g/mol. The number of nitro groups is 1. The van der Waals surface area contributed by atoms with Crippen LogP contribution >= 0.6 is 0 Å². The number of aryl methyl sites for hydroxylation is 3. The molecule has 0 aliphatic carbocycles. The molecule has 0 aliphatic heterocycles. The van der Waals surface area contributed by atoms with Gasteiger partial charge in [-0.15, -0.1) is 0 Å². The summed E-state index contributed by atoms with van der Waals surface area (Å²) in [5.74, 6) is -0.0195. The van der Waals surface area contributed by atoms with Gasteiger partial charge >= 0.3 is 0 Å². The Morgan fingerprint density at radius 1 is 1.15 bits per heavy atom. The third-order valence-electron chi connectivity index (χ3n) is 5.53. The van der Waals surface area contributed by atoms with Crippen LogP contribution in [0.2, 0.25) is 0 Å². The van der Waals surface area contributed by atoms with E-state index in [1.807, 2.05) is 27.7 Å². The first-order valence-electron chi connectivity index (χ1n) is 10.5. The fourth-order valence-electron chi connectivity index (χ4n) is 3.68. The van der Waals surface area contributed by atoms with Crippen molar-refractivity contribution >= 4 is 27.3 Å². The lowest BCUT2D eigenvalue weighted by Gasteiger charge is -2.24. The molecule has 33 heavy (non-hydrogen) atoms. The SMILES string of the molecule is COc1ccc([N+](=O)[O-])cc1N(CCCC(=O)N[C@H](C)c1cc(C)c(C)cc1C)S(C)(=O)=O. The number of non-ortho nitro benzene ring substituents is 1. The molecule has 9 nitrogen and oxygen atoms in total. The number of nitrogens with zero attached hydrogens (tertiary/aromatic N) is 2. The van der Waals surface area contributed by atoms with E-state index in [1.54, 1.807) is 0 Å². The number of hydrogen-bond donors (Lipinski definition) is 1. The van der Waals surface area contributed by atoms with Crippen LogP contribution in [0.1, 0.15) is 48.1 Å². The van der Waals surface area contributed by atoms with Crippen LogP contribution in [0.3, 0.4) is 0 Å². The van der Waals surface area contributed by atoms with E-state index in [9.17, 15) is 23.3 Å². The smallest absolute Gasteiger partial charge is 0.271 e. The molecule has 1 amide bonds. The second-order valence-corrected chi connectivity index (χ2v) is 10.0. The number of rotatable bonds is 10. The van der Waals surface area contributed by atoms with Gasteiger partial charge in [-0.1, -0.05) is 12.1 Å². The van der Waals surface area contributed by atoms with Gasteiger partial charge < -0.3 is 10.1 Å². The number of ether oxygens (including phenoxy) is 1. The predicted molar refractivity (Wildman–Crippen MR) is 128 cm³/mol. The van der Waals surface area contributed by atoms with E-state index in [4.69, 9.17) is 4.74 Å². The van der Waals surface area contributed by atoms with Gasteiger partial charge in [-0.25, -0.2) is 8.42 Å². The van der Waals surface area contributed by atoms with Crippen molar-refractivity contribution in [2.75, 3.05) is 24.2 Å². The van der Waals surface area contributed by atoms with Gasteiger partial charge in [0.2, 0.25) is 15.9 Å². The van der Waals surface area contributed by atoms with Crippen molar-refractivity contribution in [3.05, 3.63) is 62.7 Å². The lowest BCUT2D eigenvalue weighted by Crippen LogP contribution is -2.33. The van der Waals surface area contributed by atoms with Gasteiger partial charge in [-0.3, -0.25) is 19.2 Å². The van der Waals surface area contributed by atoms with Gasteiger partial charge in [0.05, 0.1) is 24.3 Å². The number of carbonyl (C=O) groups excluding carboxylic acids is 1. The molecule has 0 radical (unpaired) electrons. The normalized spacial score (nSPS) is 12.2. The molecule has 2 aromatic rings. The molecule has 2 rings (SSSR count). The Morgan fingerprint density at radius 2 is 1.79 bits per heavy atom. The molecule has 10 heteroatoms. The zero-order valence-corrected chi connectivity index (χ0v) is 20.7. The number of benzene rings is 2. The fraction of sp³-hybridized carbons (Fsp3) is 0.435. The molecule has 0 heterocycles. The first-order chi connectivity index (χ1) is 15.3. The van der Waals surface area contributed by atoms with E-state index in [0.717, 1.165) is 33.3 Å². The van der Waals surface area contributed by atoms with Gasteiger partial charge in [0, 0.05) is 25.1 Å². The highest BCUT2D eigenvalue weighted by Crippen LogP contribution is 2.34. The predicted octanol–water partition coefficient (Wildman–Crippen LogP) is 3.95. The topological polar surface area (TPSA) is 119 Å². The fourth-order valence-corrected chi connectivity index (χ4v) is 4.64. The van der Waals surface area contributed by atoms with Crippen LogP contribution in [0.5, 0.6) is 5.75 Å². The molecule has 0 aromatic heterocycles. The van der Waals surface area contributed by atoms with E-state index in [0.29, 0.717) is 0 Å². The molecule has 180 valence electrons. The first-order valence-corrected chi connectivity index (χ1v) is 12.4. The maximum atomic E-state index is 12.5. The van der Waals surface area contributed by atoms with E-state index in [-0.39, 0.29) is 48.5 Å². The van der Waals surface area contributed by atoms with Crippen LogP contribution in [0.15, 0.2) is 30.3 Å². The second-order valence-electron chi connectivity index (χ2n) is 8.13. The minimum atomic E-state index is -3.77. The van der Waals surface area contributed by atoms with Crippen molar-refractivity contribution in [2.45, 2.75) is 46.6 Å². The third kappa shape index (κ3) is 6.67. The molecule has 0 aliphatic rings. The summed E-state index contributed by atoms with van der Waals surface area (Å²) in [6, 6.07) is 7.71. The van der Waals surface area contributed by atoms with E-state index < -0.39 is 14.9 Å². The largest absolute Gasteiger partial charge is 0.495 e. The van der Waals surface area contributed by atoms with Crippen LogP contribution < -0.4 is 14.4 Å². The molecule has 0 saturated heterocycles. The summed E-state index contributed by atoms with van der Waals surface area (Å²) < 4.78 is 31.1. The maximum absolute atomic E-state index is 12.5. The summed E-state index contributed by atoms with van der Waals surface area (Å²) in [5.41, 5.74) is 4.26. The van der Waals surface area contributed by atoms with Gasteiger partial charge in [-0.05, 0) is 62.4 Å². The lowest BCUT2D eigenvalue weighted by molar-refractivity contribution is -0.384. The summed E-state index contributed by atoms with van der Waals surface area (Å²) in [4.78, 5) is 23.1.